The predicted octanol–water partition coefficient (Wildman–Crippen LogP) is 3.00. The number of fused-ring (bicyclic) bond motifs is 1. The van der Waals surface area contributed by atoms with E-state index >= 15 is 0 Å². The van der Waals surface area contributed by atoms with Crippen molar-refractivity contribution in [2.75, 3.05) is 5.32 Å². The molecule has 6 heteroatoms. The number of carbonyl (C=O) groups excluding carboxylic acids is 1. The molecule has 116 valence electrons. The van der Waals surface area contributed by atoms with Crippen molar-refractivity contribution in [2.24, 2.45) is 11.1 Å². The molecule has 5 nitrogen and oxygen atoms in total. The first-order valence-electron chi connectivity index (χ1n) is 7.72. The van der Waals surface area contributed by atoms with Gasteiger partial charge in [-0.25, -0.2) is 9.78 Å². The van der Waals surface area contributed by atoms with Gasteiger partial charge in [-0.1, -0.05) is 23.5 Å². The number of amides is 2. The zero-order chi connectivity index (χ0) is 15.3. The van der Waals surface area contributed by atoms with E-state index in [1.54, 1.807) is 0 Å². The van der Waals surface area contributed by atoms with Crippen molar-refractivity contribution in [1.82, 2.24) is 10.3 Å². The Morgan fingerprint density at radius 2 is 2.14 bits per heavy atom. The van der Waals surface area contributed by atoms with Crippen LogP contribution >= 0.6 is 11.3 Å². The fourth-order valence-electron chi connectivity index (χ4n) is 3.93. The van der Waals surface area contributed by atoms with Crippen LogP contribution in [0.5, 0.6) is 0 Å². The highest BCUT2D eigenvalue weighted by molar-refractivity contribution is 7.22. The summed E-state index contributed by atoms with van der Waals surface area (Å²) in [4.78, 5) is 16.6. The van der Waals surface area contributed by atoms with Crippen LogP contribution in [0.2, 0.25) is 0 Å². The molecule has 2 aliphatic rings. The number of hydrogen-bond acceptors (Lipinski definition) is 4. The molecule has 1 spiro atoms. The molecule has 0 aliphatic heterocycles. The van der Waals surface area contributed by atoms with E-state index in [0.29, 0.717) is 16.6 Å². The summed E-state index contributed by atoms with van der Waals surface area (Å²) < 4.78 is 1.10. The summed E-state index contributed by atoms with van der Waals surface area (Å²) in [5, 5.41) is 6.55. The van der Waals surface area contributed by atoms with Crippen molar-refractivity contribution in [3.8, 4) is 0 Å². The first-order chi connectivity index (χ1) is 10.5. The summed E-state index contributed by atoms with van der Waals surface area (Å²) in [6.45, 7) is 2.03. The topological polar surface area (TPSA) is 80.0 Å². The first kappa shape index (κ1) is 14.0. The molecule has 4 N–H and O–H groups in total. The lowest BCUT2D eigenvalue weighted by Crippen LogP contribution is -2.60. The van der Waals surface area contributed by atoms with Crippen molar-refractivity contribution in [3.05, 3.63) is 23.8 Å². The van der Waals surface area contributed by atoms with Crippen LogP contribution < -0.4 is 16.4 Å². The monoisotopic (exact) mass is 316 g/mol. The van der Waals surface area contributed by atoms with Crippen molar-refractivity contribution in [1.29, 1.82) is 0 Å². The van der Waals surface area contributed by atoms with Gasteiger partial charge in [0.2, 0.25) is 0 Å². The number of hydrogen-bond donors (Lipinski definition) is 3. The highest BCUT2D eigenvalue weighted by Gasteiger charge is 2.52. The third-order valence-electron chi connectivity index (χ3n) is 4.93. The Hall–Kier alpha value is -1.66. The lowest BCUT2D eigenvalue weighted by Gasteiger charge is -2.56. The van der Waals surface area contributed by atoms with E-state index in [2.05, 4.69) is 15.6 Å². The molecule has 1 aromatic heterocycles. The lowest BCUT2D eigenvalue weighted by molar-refractivity contribution is -0.0134. The average Bonchev–Trinajstić information content (AvgIpc) is 2.78. The highest BCUT2D eigenvalue weighted by Crippen LogP contribution is 2.55. The summed E-state index contributed by atoms with van der Waals surface area (Å²) in [5.74, 6) is 0. The number of aryl methyl sites for hydroxylation is 1. The minimum Gasteiger partial charge on any atom is -0.335 e. The quantitative estimate of drug-likeness (QED) is 0.797. The van der Waals surface area contributed by atoms with E-state index in [1.807, 2.05) is 25.1 Å². The van der Waals surface area contributed by atoms with Crippen LogP contribution in [0, 0.1) is 12.3 Å². The SMILES string of the molecule is Cc1cccc2sc(NC(=O)NC3CC4(CC(N)C4)C3)nc12. The Labute approximate surface area is 133 Å². The zero-order valence-corrected chi connectivity index (χ0v) is 13.4. The van der Waals surface area contributed by atoms with E-state index in [9.17, 15) is 4.79 Å². The number of thiazole rings is 1. The summed E-state index contributed by atoms with van der Waals surface area (Å²) in [7, 11) is 0. The van der Waals surface area contributed by atoms with Gasteiger partial charge in [-0.15, -0.1) is 0 Å². The smallest absolute Gasteiger partial charge is 0.321 e. The Bertz CT molecular complexity index is 727. The van der Waals surface area contributed by atoms with Gasteiger partial charge in [0.1, 0.15) is 0 Å². The van der Waals surface area contributed by atoms with Gasteiger partial charge in [0, 0.05) is 12.1 Å². The van der Waals surface area contributed by atoms with E-state index in [-0.39, 0.29) is 12.1 Å². The third kappa shape index (κ3) is 2.36. The number of urea groups is 1. The summed E-state index contributed by atoms with van der Waals surface area (Å²) >= 11 is 1.51. The molecule has 2 saturated carbocycles. The van der Waals surface area contributed by atoms with Gasteiger partial charge in [-0.3, -0.25) is 5.32 Å². The van der Waals surface area contributed by atoms with Crippen molar-refractivity contribution < 1.29 is 4.79 Å². The van der Waals surface area contributed by atoms with Crippen LogP contribution in [-0.4, -0.2) is 23.1 Å². The number of anilines is 1. The second kappa shape index (κ2) is 4.93. The first-order valence-corrected chi connectivity index (χ1v) is 8.54. The molecule has 0 radical (unpaired) electrons. The number of carbonyl (C=O) groups is 1. The summed E-state index contributed by atoms with van der Waals surface area (Å²) in [6, 6.07) is 6.57. The number of benzene rings is 1. The van der Waals surface area contributed by atoms with Crippen molar-refractivity contribution in [2.45, 2.75) is 44.7 Å². The summed E-state index contributed by atoms with van der Waals surface area (Å²) in [6.07, 6.45) is 4.36. The number of nitrogens with zero attached hydrogens (tertiary/aromatic N) is 1. The Kier molecular flexibility index (Phi) is 3.13. The number of nitrogens with one attached hydrogen (secondary N) is 2. The van der Waals surface area contributed by atoms with E-state index < -0.39 is 0 Å². The Morgan fingerprint density at radius 3 is 2.82 bits per heavy atom. The van der Waals surface area contributed by atoms with Crippen molar-refractivity contribution >= 4 is 32.7 Å². The van der Waals surface area contributed by atoms with Gasteiger partial charge in [0.15, 0.2) is 5.13 Å². The highest BCUT2D eigenvalue weighted by atomic mass is 32.1. The van der Waals surface area contributed by atoms with Gasteiger partial charge < -0.3 is 11.1 Å². The molecule has 1 aromatic carbocycles. The molecule has 4 rings (SSSR count). The standard InChI is InChI=1S/C16H20N4OS/c1-9-3-2-4-12-13(9)19-15(22-12)20-14(21)18-11-7-16(8-11)5-10(17)6-16/h2-4,10-11H,5-8,17H2,1H3,(H2,18,19,20,21). The fraction of sp³-hybridized carbons (Fsp3) is 0.500. The molecule has 2 fully saturated rings. The second-order valence-electron chi connectivity index (χ2n) is 6.81. The average molecular weight is 316 g/mol. The normalized spacial score (nSPS) is 29.9. The number of aromatic nitrogens is 1. The molecule has 1 heterocycles. The van der Waals surface area contributed by atoms with E-state index in [0.717, 1.165) is 41.5 Å². The zero-order valence-electron chi connectivity index (χ0n) is 12.6. The van der Waals surface area contributed by atoms with Crippen LogP contribution in [0.3, 0.4) is 0 Å². The van der Waals surface area contributed by atoms with Crippen LogP contribution in [0.4, 0.5) is 9.93 Å². The number of rotatable bonds is 2. The Morgan fingerprint density at radius 1 is 1.36 bits per heavy atom. The third-order valence-corrected chi connectivity index (χ3v) is 5.86. The maximum Gasteiger partial charge on any atom is 0.321 e. The van der Waals surface area contributed by atoms with Gasteiger partial charge in [-0.05, 0) is 49.7 Å². The van der Waals surface area contributed by atoms with Crippen LogP contribution in [0.1, 0.15) is 31.2 Å². The molecule has 0 atom stereocenters. The number of para-hydroxylation sites is 1. The molecule has 2 amide bonds. The molecule has 2 aromatic rings. The fourth-order valence-corrected chi connectivity index (χ4v) is 4.87. The van der Waals surface area contributed by atoms with E-state index in [1.165, 1.54) is 11.3 Å². The van der Waals surface area contributed by atoms with Gasteiger partial charge in [0.25, 0.3) is 0 Å². The van der Waals surface area contributed by atoms with E-state index in [4.69, 9.17) is 5.73 Å². The predicted molar refractivity (Wildman–Crippen MR) is 89.2 cm³/mol. The van der Waals surface area contributed by atoms with Crippen molar-refractivity contribution in [3.63, 3.8) is 0 Å². The molecular formula is C16H20N4OS. The lowest BCUT2D eigenvalue weighted by atomic mass is 9.52. The minimum absolute atomic E-state index is 0.153. The maximum atomic E-state index is 12.1. The second-order valence-corrected chi connectivity index (χ2v) is 7.84. The van der Waals surface area contributed by atoms with Crippen LogP contribution in [0.25, 0.3) is 10.2 Å². The van der Waals surface area contributed by atoms with Gasteiger partial charge >= 0.3 is 6.03 Å². The molecule has 0 saturated heterocycles. The Balaban J connectivity index is 1.35. The van der Waals surface area contributed by atoms with Gasteiger partial charge in [-0.2, -0.15) is 0 Å². The molecule has 2 aliphatic carbocycles. The number of nitrogens with two attached hydrogens (primary N) is 1. The van der Waals surface area contributed by atoms with Crippen LogP contribution in [-0.2, 0) is 0 Å². The molecular weight excluding hydrogens is 296 g/mol. The molecule has 0 bridgehead atoms. The maximum absolute atomic E-state index is 12.1. The minimum atomic E-state index is -0.153. The summed E-state index contributed by atoms with van der Waals surface area (Å²) in [5.41, 5.74) is 8.39. The van der Waals surface area contributed by atoms with Crippen LogP contribution in [0.15, 0.2) is 18.2 Å². The molecule has 22 heavy (non-hydrogen) atoms. The largest absolute Gasteiger partial charge is 0.335 e. The molecule has 0 unspecified atom stereocenters. The van der Waals surface area contributed by atoms with Gasteiger partial charge in [0.05, 0.1) is 10.2 Å².